The molecule has 0 saturated carbocycles. The van der Waals surface area contributed by atoms with E-state index in [2.05, 4.69) is 15.4 Å². The van der Waals surface area contributed by atoms with Gasteiger partial charge in [-0.15, -0.1) is 0 Å². The second kappa shape index (κ2) is 6.34. The van der Waals surface area contributed by atoms with Crippen LogP contribution in [0.2, 0.25) is 0 Å². The molecule has 0 bridgehead atoms. The molecule has 20 heavy (non-hydrogen) atoms. The predicted octanol–water partition coefficient (Wildman–Crippen LogP) is 0.533. The van der Waals surface area contributed by atoms with Gasteiger partial charge in [0.25, 0.3) is 0 Å². The Labute approximate surface area is 119 Å². The second-order valence-electron chi connectivity index (χ2n) is 4.92. The zero-order valence-electron chi connectivity index (χ0n) is 11.3. The topological polar surface area (TPSA) is 87.3 Å². The van der Waals surface area contributed by atoms with Crippen molar-refractivity contribution in [3.8, 4) is 0 Å². The molecule has 0 spiro atoms. The lowest BCUT2D eigenvalue weighted by molar-refractivity contribution is -0.114. The molecule has 1 saturated heterocycles. The Morgan fingerprint density at radius 3 is 2.60 bits per heavy atom. The molecule has 1 fully saturated rings. The van der Waals surface area contributed by atoms with Crippen LogP contribution in [0.4, 0.5) is 5.69 Å². The molecule has 0 radical (unpaired) electrons. The van der Waals surface area contributed by atoms with Gasteiger partial charge in [-0.1, -0.05) is 0 Å². The van der Waals surface area contributed by atoms with Gasteiger partial charge in [0, 0.05) is 19.2 Å². The highest BCUT2D eigenvalue weighted by Gasteiger charge is 2.19. The number of sulfonamides is 1. The fourth-order valence-corrected chi connectivity index (χ4v) is 3.24. The van der Waals surface area contributed by atoms with Gasteiger partial charge >= 0.3 is 0 Å². The summed E-state index contributed by atoms with van der Waals surface area (Å²) < 4.78 is 26.8. The largest absolute Gasteiger partial charge is 0.326 e. The second-order valence-corrected chi connectivity index (χ2v) is 6.68. The zero-order chi connectivity index (χ0) is 14.6. The minimum Gasteiger partial charge on any atom is -0.326 e. The molecule has 1 aromatic carbocycles. The first-order chi connectivity index (χ1) is 9.47. The number of nitrogens with one attached hydrogen (secondary N) is 3. The number of hydrogen-bond donors (Lipinski definition) is 3. The molecular formula is C13H19N3O3S. The molecular weight excluding hydrogens is 278 g/mol. The van der Waals surface area contributed by atoms with Crippen molar-refractivity contribution in [2.24, 2.45) is 5.92 Å². The lowest BCUT2D eigenvalue weighted by Gasteiger charge is -2.11. The molecule has 1 unspecified atom stereocenters. The van der Waals surface area contributed by atoms with Gasteiger partial charge < -0.3 is 10.6 Å². The Hall–Kier alpha value is -1.44. The summed E-state index contributed by atoms with van der Waals surface area (Å²) in [5.41, 5.74) is 0.580. The van der Waals surface area contributed by atoms with Crippen molar-refractivity contribution in [2.45, 2.75) is 18.2 Å². The first kappa shape index (κ1) is 15.0. The van der Waals surface area contributed by atoms with E-state index in [0.717, 1.165) is 19.5 Å². The van der Waals surface area contributed by atoms with E-state index in [4.69, 9.17) is 0 Å². The first-order valence-corrected chi connectivity index (χ1v) is 8.04. The Morgan fingerprint density at radius 1 is 1.35 bits per heavy atom. The monoisotopic (exact) mass is 297 g/mol. The highest BCUT2D eigenvalue weighted by Crippen LogP contribution is 2.15. The smallest absolute Gasteiger partial charge is 0.240 e. The summed E-state index contributed by atoms with van der Waals surface area (Å²) in [4.78, 5) is 11.1. The van der Waals surface area contributed by atoms with Gasteiger partial charge in [-0.3, -0.25) is 4.79 Å². The molecule has 2 rings (SSSR count). The highest BCUT2D eigenvalue weighted by atomic mass is 32.2. The van der Waals surface area contributed by atoms with Crippen LogP contribution < -0.4 is 15.4 Å². The lowest BCUT2D eigenvalue weighted by atomic mass is 10.1. The van der Waals surface area contributed by atoms with Crippen LogP contribution >= 0.6 is 0 Å². The molecule has 0 aliphatic carbocycles. The van der Waals surface area contributed by atoms with Crippen LogP contribution in [0, 0.1) is 5.92 Å². The molecule has 3 N–H and O–H groups in total. The van der Waals surface area contributed by atoms with Crippen LogP contribution in [0.15, 0.2) is 29.2 Å². The van der Waals surface area contributed by atoms with E-state index in [0.29, 0.717) is 18.2 Å². The first-order valence-electron chi connectivity index (χ1n) is 6.55. The molecule has 6 nitrogen and oxygen atoms in total. The van der Waals surface area contributed by atoms with Crippen molar-refractivity contribution in [3.05, 3.63) is 24.3 Å². The summed E-state index contributed by atoms with van der Waals surface area (Å²) in [6.07, 6.45) is 0.990. The van der Waals surface area contributed by atoms with Crippen molar-refractivity contribution in [1.29, 1.82) is 0 Å². The predicted molar refractivity (Wildman–Crippen MR) is 76.9 cm³/mol. The standard InChI is InChI=1S/C13H19N3O3S/c1-10(17)16-12-2-4-13(5-3-12)20(18,19)15-9-11-6-7-14-8-11/h2-5,11,14-15H,6-9H2,1H3,(H,16,17). The fourth-order valence-electron chi connectivity index (χ4n) is 2.12. The maximum Gasteiger partial charge on any atom is 0.240 e. The van der Waals surface area contributed by atoms with Crippen LogP contribution in [0.25, 0.3) is 0 Å². The quantitative estimate of drug-likeness (QED) is 0.740. The van der Waals surface area contributed by atoms with E-state index in [1.165, 1.54) is 19.1 Å². The number of carbonyl (C=O) groups excluding carboxylic acids is 1. The minimum absolute atomic E-state index is 0.188. The van der Waals surface area contributed by atoms with Crippen molar-refractivity contribution in [2.75, 3.05) is 25.0 Å². The normalized spacial score (nSPS) is 18.9. The number of anilines is 1. The van der Waals surface area contributed by atoms with E-state index in [1.54, 1.807) is 12.1 Å². The summed E-state index contributed by atoms with van der Waals surface area (Å²) >= 11 is 0. The number of hydrogen-bond acceptors (Lipinski definition) is 4. The van der Waals surface area contributed by atoms with E-state index < -0.39 is 10.0 Å². The van der Waals surface area contributed by atoms with Crippen molar-refractivity contribution >= 4 is 21.6 Å². The molecule has 0 aromatic heterocycles. The summed E-state index contributed by atoms with van der Waals surface area (Å²) in [7, 11) is -3.48. The highest BCUT2D eigenvalue weighted by molar-refractivity contribution is 7.89. The molecule has 110 valence electrons. The van der Waals surface area contributed by atoms with E-state index >= 15 is 0 Å². The number of benzene rings is 1. The van der Waals surface area contributed by atoms with E-state index in [-0.39, 0.29) is 10.8 Å². The maximum atomic E-state index is 12.1. The molecule has 1 aliphatic heterocycles. The number of amides is 1. The van der Waals surface area contributed by atoms with Gasteiger partial charge in [-0.2, -0.15) is 0 Å². The molecule has 7 heteroatoms. The molecule has 1 aliphatic rings. The van der Waals surface area contributed by atoms with E-state index in [1.807, 2.05) is 0 Å². The molecule has 1 atom stereocenters. The van der Waals surface area contributed by atoms with Gasteiger partial charge in [0.05, 0.1) is 4.90 Å². The van der Waals surface area contributed by atoms with Crippen molar-refractivity contribution in [3.63, 3.8) is 0 Å². The number of carbonyl (C=O) groups is 1. The summed E-state index contributed by atoms with van der Waals surface area (Å²) in [6, 6.07) is 6.13. The maximum absolute atomic E-state index is 12.1. The third-order valence-electron chi connectivity index (χ3n) is 3.21. The Bertz CT molecular complexity index is 563. The summed E-state index contributed by atoms with van der Waals surface area (Å²) in [5, 5.41) is 5.80. The van der Waals surface area contributed by atoms with Gasteiger partial charge in [-0.05, 0) is 49.7 Å². The summed E-state index contributed by atoms with van der Waals surface area (Å²) in [5.74, 6) is 0.163. The Kier molecular flexibility index (Phi) is 4.74. The van der Waals surface area contributed by atoms with Gasteiger partial charge in [-0.25, -0.2) is 13.1 Å². The summed E-state index contributed by atoms with van der Waals surface area (Å²) in [6.45, 7) is 3.65. The van der Waals surface area contributed by atoms with Crippen molar-refractivity contribution < 1.29 is 13.2 Å². The van der Waals surface area contributed by atoms with Crippen LogP contribution in [0.3, 0.4) is 0 Å². The fraction of sp³-hybridized carbons (Fsp3) is 0.462. The van der Waals surface area contributed by atoms with Crippen LogP contribution in [-0.2, 0) is 14.8 Å². The van der Waals surface area contributed by atoms with Gasteiger partial charge in [0.1, 0.15) is 0 Å². The molecule has 1 aromatic rings. The molecule has 1 amide bonds. The average Bonchev–Trinajstić information content (AvgIpc) is 2.89. The SMILES string of the molecule is CC(=O)Nc1ccc(S(=O)(=O)NCC2CCNC2)cc1. The zero-order valence-corrected chi connectivity index (χ0v) is 12.2. The van der Waals surface area contributed by atoms with Gasteiger partial charge in [0.15, 0.2) is 0 Å². The van der Waals surface area contributed by atoms with Gasteiger partial charge in [0.2, 0.25) is 15.9 Å². The van der Waals surface area contributed by atoms with E-state index in [9.17, 15) is 13.2 Å². The van der Waals surface area contributed by atoms with Crippen LogP contribution in [-0.4, -0.2) is 34.0 Å². The third-order valence-corrected chi connectivity index (χ3v) is 4.65. The third kappa shape index (κ3) is 4.03. The van der Waals surface area contributed by atoms with Crippen LogP contribution in [0.5, 0.6) is 0 Å². The Balaban J connectivity index is 1.99. The average molecular weight is 297 g/mol. The minimum atomic E-state index is -3.48. The van der Waals surface area contributed by atoms with Crippen molar-refractivity contribution in [1.82, 2.24) is 10.0 Å². The Morgan fingerprint density at radius 2 is 2.05 bits per heavy atom. The lowest BCUT2D eigenvalue weighted by Crippen LogP contribution is -2.30. The molecule has 1 heterocycles. The number of rotatable bonds is 5. The van der Waals surface area contributed by atoms with Crippen LogP contribution in [0.1, 0.15) is 13.3 Å².